The van der Waals surface area contributed by atoms with Crippen molar-refractivity contribution in [3.63, 3.8) is 0 Å². The van der Waals surface area contributed by atoms with Crippen LogP contribution in [0.15, 0.2) is 4.79 Å². The zero-order chi connectivity index (χ0) is 5.98. The molecule has 0 aliphatic heterocycles. The molecule has 0 saturated carbocycles. The topological polar surface area (TPSA) is 63.6 Å². The van der Waals surface area contributed by atoms with Crippen molar-refractivity contribution in [3.05, 3.63) is 17.4 Å². The van der Waals surface area contributed by atoms with E-state index in [-0.39, 0.29) is 5.69 Å². The van der Waals surface area contributed by atoms with Crippen molar-refractivity contribution < 1.29 is 0 Å². The van der Waals surface area contributed by atoms with Gasteiger partial charge < -0.3 is 0 Å². The highest BCUT2D eigenvalue weighted by molar-refractivity contribution is 4.50. The molecule has 0 atom stereocenters. The lowest BCUT2D eigenvalue weighted by molar-refractivity contribution is 0.641. The number of nitrogens with zero attached hydrogens (tertiary/aromatic N) is 3. The molecule has 0 saturated heterocycles. The van der Waals surface area contributed by atoms with Crippen molar-refractivity contribution in [2.75, 3.05) is 0 Å². The van der Waals surface area contributed by atoms with Gasteiger partial charge in [-0.1, -0.05) is 5.10 Å². The maximum absolute atomic E-state index is 10.4. The Hall–Kier alpha value is -1.13. The van der Waals surface area contributed by atoms with Gasteiger partial charge in [-0.3, -0.25) is 0 Å². The summed E-state index contributed by atoms with van der Waals surface area (Å²) in [6.07, 6.45) is 0. The number of nitrogens with one attached hydrogen (secondary N) is 1. The van der Waals surface area contributed by atoms with Crippen LogP contribution in [0.25, 0.3) is 0 Å². The van der Waals surface area contributed by atoms with Crippen molar-refractivity contribution in [3.8, 4) is 0 Å². The molecule has 43 valence electrons. The first-order chi connectivity index (χ1) is 3.84. The van der Waals surface area contributed by atoms with Gasteiger partial charge in [-0.25, -0.2) is 9.48 Å². The third kappa shape index (κ3) is 0.617. The standard InChI is InChI=1S/C3H5N4O/c1-2-7-3(8)4-5-6-7/h1-2H2,(H,4,6,8). The Morgan fingerprint density at radius 2 is 2.62 bits per heavy atom. The monoisotopic (exact) mass is 113 g/mol. The molecule has 0 aliphatic rings. The minimum absolute atomic E-state index is 0.339. The zero-order valence-corrected chi connectivity index (χ0v) is 4.16. The Bertz CT molecular complexity index is 211. The summed E-state index contributed by atoms with van der Waals surface area (Å²) in [5.74, 6) is 0. The van der Waals surface area contributed by atoms with E-state index >= 15 is 0 Å². The molecule has 0 unspecified atom stereocenters. The molecular formula is C3H5N4O. The third-order valence-corrected chi connectivity index (χ3v) is 0.755. The van der Waals surface area contributed by atoms with E-state index in [1.54, 1.807) is 0 Å². The normalized spacial score (nSPS) is 9.62. The molecule has 0 fully saturated rings. The molecule has 1 rings (SSSR count). The first kappa shape index (κ1) is 5.02. The largest absolute Gasteiger partial charge is 0.383 e. The first-order valence-electron chi connectivity index (χ1n) is 2.11. The van der Waals surface area contributed by atoms with Crippen LogP contribution in [0, 0.1) is 6.92 Å². The molecule has 0 aromatic carbocycles. The van der Waals surface area contributed by atoms with Crippen LogP contribution in [-0.4, -0.2) is 20.2 Å². The molecule has 5 heteroatoms. The van der Waals surface area contributed by atoms with Crippen LogP contribution < -0.4 is 5.69 Å². The first-order valence-corrected chi connectivity index (χ1v) is 2.11. The van der Waals surface area contributed by atoms with Gasteiger partial charge in [0.1, 0.15) is 0 Å². The summed E-state index contributed by atoms with van der Waals surface area (Å²) in [5, 5.41) is 8.71. The highest BCUT2D eigenvalue weighted by atomic mass is 16.2. The molecule has 0 aliphatic carbocycles. The van der Waals surface area contributed by atoms with Crippen molar-refractivity contribution in [1.29, 1.82) is 0 Å². The molecule has 0 spiro atoms. The van der Waals surface area contributed by atoms with Crippen LogP contribution in [0.1, 0.15) is 0 Å². The number of aromatic amines is 1. The molecule has 0 bridgehead atoms. The lowest BCUT2D eigenvalue weighted by Gasteiger charge is -1.84. The second-order valence-electron chi connectivity index (χ2n) is 1.23. The second kappa shape index (κ2) is 1.77. The number of rotatable bonds is 1. The quantitative estimate of drug-likeness (QED) is 0.497. The van der Waals surface area contributed by atoms with Gasteiger partial charge in [0.25, 0.3) is 0 Å². The average Bonchev–Trinajstić information content (AvgIpc) is 2.14. The van der Waals surface area contributed by atoms with Crippen molar-refractivity contribution in [2.24, 2.45) is 0 Å². The molecule has 1 N–H and O–H groups in total. The van der Waals surface area contributed by atoms with Crippen LogP contribution in [-0.2, 0) is 6.54 Å². The van der Waals surface area contributed by atoms with E-state index in [1.165, 1.54) is 4.68 Å². The Morgan fingerprint density at radius 3 is 2.88 bits per heavy atom. The minimum atomic E-state index is -0.389. The zero-order valence-electron chi connectivity index (χ0n) is 4.16. The van der Waals surface area contributed by atoms with Crippen LogP contribution >= 0.6 is 0 Å². The number of H-pyrrole nitrogens is 1. The average molecular weight is 113 g/mol. The number of hydrogen-bond acceptors (Lipinski definition) is 3. The van der Waals surface area contributed by atoms with Gasteiger partial charge in [-0.15, -0.1) is 0 Å². The summed E-state index contributed by atoms with van der Waals surface area (Å²) in [7, 11) is 0. The van der Waals surface area contributed by atoms with E-state index in [1.807, 2.05) is 0 Å². The van der Waals surface area contributed by atoms with Crippen LogP contribution in [0.3, 0.4) is 0 Å². The van der Waals surface area contributed by atoms with Gasteiger partial charge in [0.05, 0.1) is 0 Å². The van der Waals surface area contributed by atoms with Crippen molar-refractivity contribution in [2.45, 2.75) is 6.54 Å². The predicted molar refractivity (Wildman–Crippen MR) is 26.0 cm³/mol. The lowest BCUT2D eigenvalue weighted by Crippen LogP contribution is -2.16. The van der Waals surface area contributed by atoms with Gasteiger partial charge >= 0.3 is 5.69 Å². The fourth-order valence-electron chi connectivity index (χ4n) is 0.362. The Kier molecular flexibility index (Phi) is 1.11. The molecule has 1 heterocycles. The molecule has 5 nitrogen and oxygen atoms in total. The maximum Gasteiger partial charge on any atom is 0.383 e. The fourth-order valence-corrected chi connectivity index (χ4v) is 0.362. The third-order valence-electron chi connectivity index (χ3n) is 0.755. The second-order valence-corrected chi connectivity index (χ2v) is 1.23. The van der Waals surface area contributed by atoms with E-state index in [2.05, 4.69) is 22.4 Å². The van der Waals surface area contributed by atoms with Gasteiger partial charge in [0.2, 0.25) is 0 Å². The summed E-state index contributed by atoms with van der Waals surface area (Å²) in [6.45, 7) is 3.78. The predicted octanol–water partition coefficient (Wildman–Crippen LogP) is -1.20. The van der Waals surface area contributed by atoms with Crippen molar-refractivity contribution >= 4 is 0 Å². The summed E-state index contributed by atoms with van der Waals surface area (Å²) in [5.41, 5.74) is -0.389. The van der Waals surface area contributed by atoms with Gasteiger partial charge in [-0.05, 0) is 12.1 Å². The summed E-state index contributed by atoms with van der Waals surface area (Å²) in [6, 6.07) is 0. The highest BCUT2D eigenvalue weighted by Crippen LogP contribution is 1.62. The summed E-state index contributed by atoms with van der Waals surface area (Å²) < 4.78 is 1.19. The lowest BCUT2D eigenvalue weighted by atomic mass is 10.8. The molecule has 1 aromatic heterocycles. The highest BCUT2D eigenvalue weighted by Gasteiger charge is 1.90. The number of aromatic nitrogens is 4. The molecule has 8 heavy (non-hydrogen) atoms. The SMILES string of the molecule is [CH2]Cn1[nH]nnc1=O. The Labute approximate surface area is 45.3 Å². The molecule has 0 amide bonds. The van der Waals surface area contributed by atoms with E-state index in [0.717, 1.165) is 0 Å². The van der Waals surface area contributed by atoms with Crippen LogP contribution in [0.2, 0.25) is 0 Å². The van der Waals surface area contributed by atoms with E-state index in [9.17, 15) is 4.79 Å². The molecule has 1 radical (unpaired) electrons. The Morgan fingerprint density at radius 1 is 1.88 bits per heavy atom. The fraction of sp³-hybridized carbons (Fsp3) is 0.333. The Balaban J connectivity index is 3.11. The van der Waals surface area contributed by atoms with E-state index in [4.69, 9.17) is 0 Å². The van der Waals surface area contributed by atoms with Gasteiger partial charge in [-0.2, -0.15) is 5.21 Å². The summed E-state index contributed by atoms with van der Waals surface area (Å²) >= 11 is 0. The molecule has 1 aromatic rings. The minimum Gasteiger partial charge on any atom is -0.242 e. The number of hydrogen-bond donors (Lipinski definition) is 1. The molecular weight excluding hydrogens is 108 g/mol. The smallest absolute Gasteiger partial charge is 0.242 e. The van der Waals surface area contributed by atoms with Gasteiger partial charge in [0.15, 0.2) is 0 Å². The van der Waals surface area contributed by atoms with Crippen LogP contribution in [0.4, 0.5) is 0 Å². The van der Waals surface area contributed by atoms with E-state index < -0.39 is 0 Å². The van der Waals surface area contributed by atoms with Crippen molar-refractivity contribution in [1.82, 2.24) is 20.2 Å². The summed E-state index contributed by atoms with van der Waals surface area (Å²) in [4.78, 5) is 10.4. The maximum atomic E-state index is 10.4. The van der Waals surface area contributed by atoms with Crippen LogP contribution in [0.5, 0.6) is 0 Å². The van der Waals surface area contributed by atoms with E-state index in [0.29, 0.717) is 6.54 Å². The van der Waals surface area contributed by atoms with Gasteiger partial charge in [0, 0.05) is 6.54 Å². The number of tetrazole rings is 1.